The van der Waals surface area contributed by atoms with Crippen LogP contribution in [0, 0.1) is 10.1 Å². The van der Waals surface area contributed by atoms with E-state index in [9.17, 15) is 14.9 Å². The SMILES string of the molecule is CC(CN1CCN(C)CC1)Nc1cc2nc[nH]c(=O)c2cc1[N+](=O)[O-]. The Morgan fingerprint density at radius 2 is 2.08 bits per heavy atom. The maximum Gasteiger partial charge on any atom is 0.293 e. The van der Waals surface area contributed by atoms with Crippen molar-refractivity contribution in [3.05, 3.63) is 38.9 Å². The van der Waals surface area contributed by atoms with E-state index in [-0.39, 0.29) is 22.7 Å². The number of fused-ring (bicyclic) bond motifs is 1. The summed E-state index contributed by atoms with van der Waals surface area (Å²) in [6.45, 7) is 6.81. The van der Waals surface area contributed by atoms with E-state index in [0.29, 0.717) is 11.2 Å². The van der Waals surface area contributed by atoms with Crippen molar-refractivity contribution in [2.45, 2.75) is 13.0 Å². The fourth-order valence-corrected chi connectivity index (χ4v) is 3.10. The fourth-order valence-electron chi connectivity index (χ4n) is 3.10. The van der Waals surface area contributed by atoms with Crippen molar-refractivity contribution in [3.8, 4) is 0 Å². The quantitative estimate of drug-likeness (QED) is 0.611. The van der Waals surface area contributed by atoms with Crippen molar-refractivity contribution in [2.24, 2.45) is 0 Å². The smallest absolute Gasteiger partial charge is 0.293 e. The van der Waals surface area contributed by atoms with Gasteiger partial charge < -0.3 is 15.2 Å². The highest BCUT2D eigenvalue weighted by molar-refractivity contribution is 5.86. The summed E-state index contributed by atoms with van der Waals surface area (Å²) in [5.41, 5.74) is 0.322. The molecule has 1 atom stereocenters. The summed E-state index contributed by atoms with van der Waals surface area (Å²) in [7, 11) is 2.10. The van der Waals surface area contributed by atoms with Crippen molar-refractivity contribution < 1.29 is 4.92 Å². The lowest BCUT2D eigenvalue weighted by atomic mass is 10.1. The molecule has 25 heavy (non-hydrogen) atoms. The number of nitro groups is 1. The normalized spacial score (nSPS) is 17.5. The number of hydrogen-bond donors (Lipinski definition) is 2. The van der Waals surface area contributed by atoms with Gasteiger partial charge in [-0.05, 0) is 20.0 Å². The molecule has 2 N–H and O–H groups in total. The molecule has 1 aromatic carbocycles. The highest BCUT2D eigenvalue weighted by Gasteiger charge is 2.21. The molecule has 0 aliphatic carbocycles. The van der Waals surface area contributed by atoms with Gasteiger partial charge in [-0.25, -0.2) is 4.98 Å². The van der Waals surface area contributed by atoms with Crippen LogP contribution >= 0.6 is 0 Å². The van der Waals surface area contributed by atoms with Crippen LogP contribution in [0.15, 0.2) is 23.3 Å². The molecule has 2 aromatic rings. The molecule has 2 heterocycles. The zero-order chi connectivity index (χ0) is 18.0. The molecule has 0 saturated carbocycles. The molecule has 9 heteroatoms. The van der Waals surface area contributed by atoms with Gasteiger partial charge in [-0.1, -0.05) is 0 Å². The number of hydrogen-bond acceptors (Lipinski definition) is 7. The minimum absolute atomic E-state index is 0.0292. The first-order chi connectivity index (χ1) is 11.9. The molecule has 1 saturated heterocycles. The number of benzene rings is 1. The van der Waals surface area contributed by atoms with Gasteiger partial charge in [0.1, 0.15) is 5.69 Å². The second-order valence-electron chi connectivity index (χ2n) is 6.52. The third-order valence-corrected chi connectivity index (χ3v) is 4.48. The lowest BCUT2D eigenvalue weighted by Crippen LogP contribution is -2.47. The number of anilines is 1. The van der Waals surface area contributed by atoms with Crippen LogP contribution in [0.5, 0.6) is 0 Å². The van der Waals surface area contributed by atoms with Crippen LogP contribution in [0.3, 0.4) is 0 Å². The highest BCUT2D eigenvalue weighted by Crippen LogP contribution is 2.28. The number of piperazine rings is 1. The summed E-state index contributed by atoms with van der Waals surface area (Å²) in [5.74, 6) is 0. The number of nitrogens with zero attached hydrogens (tertiary/aromatic N) is 4. The number of nitro benzene ring substituents is 1. The highest BCUT2D eigenvalue weighted by atomic mass is 16.6. The molecule has 3 rings (SSSR count). The predicted molar refractivity (Wildman–Crippen MR) is 96.0 cm³/mol. The standard InChI is InChI=1S/C16H22N6O3/c1-11(9-21-5-3-20(2)4-6-21)19-14-8-13-12(7-15(14)22(24)25)16(23)18-10-17-13/h7-8,10-11,19H,3-6,9H2,1-2H3,(H,17,18,23). The lowest BCUT2D eigenvalue weighted by Gasteiger charge is -2.34. The Kier molecular flexibility index (Phi) is 4.95. The first kappa shape index (κ1) is 17.3. The van der Waals surface area contributed by atoms with Gasteiger partial charge in [-0.3, -0.25) is 19.8 Å². The first-order valence-electron chi connectivity index (χ1n) is 8.27. The summed E-state index contributed by atoms with van der Waals surface area (Å²) in [6, 6.07) is 2.89. The van der Waals surface area contributed by atoms with Crippen molar-refractivity contribution in [1.29, 1.82) is 0 Å². The molecule has 1 fully saturated rings. The van der Waals surface area contributed by atoms with Crippen LogP contribution in [-0.4, -0.2) is 70.5 Å². The average Bonchev–Trinajstić information content (AvgIpc) is 2.56. The third-order valence-electron chi connectivity index (χ3n) is 4.48. The fraction of sp³-hybridized carbons (Fsp3) is 0.500. The Morgan fingerprint density at radius 3 is 2.76 bits per heavy atom. The van der Waals surface area contributed by atoms with E-state index in [1.54, 1.807) is 6.07 Å². The second kappa shape index (κ2) is 7.16. The summed E-state index contributed by atoms with van der Waals surface area (Å²) in [4.78, 5) is 33.9. The van der Waals surface area contributed by atoms with Crippen LogP contribution in [0.2, 0.25) is 0 Å². The Morgan fingerprint density at radius 1 is 1.36 bits per heavy atom. The second-order valence-corrected chi connectivity index (χ2v) is 6.52. The Balaban J connectivity index is 1.81. The number of likely N-dealkylation sites (N-methyl/N-ethyl adjacent to an activating group) is 1. The van der Waals surface area contributed by atoms with Gasteiger partial charge >= 0.3 is 0 Å². The first-order valence-corrected chi connectivity index (χ1v) is 8.27. The zero-order valence-corrected chi connectivity index (χ0v) is 14.4. The molecule has 1 aliphatic heterocycles. The minimum atomic E-state index is -0.475. The van der Waals surface area contributed by atoms with Gasteiger partial charge in [0.05, 0.1) is 22.2 Å². The van der Waals surface area contributed by atoms with Gasteiger partial charge in [-0.15, -0.1) is 0 Å². The topological polar surface area (TPSA) is 107 Å². The Hall–Kier alpha value is -2.52. The largest absolute Gasteiger partial charge is 0.376 e. The maximum atomic E-state index is 11.8. The molecule has 134 valence electrons. The number of H-pyrrole nitrogens is 1. The van der Waals surface area contributed by atoms with Crippen LogP contribution in [0.4, 0.5) is 11.4 Å². The molecule has 1 unspecified atom stereocenters. The molecule has 1 aliphatic rings. The van der Waals surface area contributed by atoms with E-state index in [0.717, 1.165) is 32.7 Å². The van der Waals surface area contributed by atoms with E-state index in [1.807, 2.05) is 6.92 Å². The Labute approximate surface area is 144 Å². The molecule has 0 radical (unpaired) electrons. The van der Waals surface area contributed by atoms with Crippen molar-refractivity contribution >= 4 is 22.3 Å². The molecule has 0 amide bonds. The van der Waals surface area contributed by atoms with E-state index in [4.69, 9.17) is 0 Å². The average molecular weight is 346 g/mol. The van der Waals surface area contributed by atoms with Crippen molar-refractivity contribution in [3.63, 3.8) is 0 Å². The number of aromatic nitrogens is 2. The summed E-state index contributed by atoms with van der Waals surface area (Å²) in [6.07, 6.45) is 1.30. The zero-order valence-electron chi connectivity index (χ0n) is 14.4. The number of nitrogens with one attached hydrogen (secondary N) is 2. The van der Waals surface area contributed by atoms with Crippen molar-refractivity contribution in [2.75, 3.05) is 45.1 Å². The predicted octanol–water partition coefficient (Wildman–Crippen LogP) is 0.879. The molecule has 0 bridgehead atoms. The van der Waals surface area contributed by atoms with E-state index in [2.05, 4.69) is 32.1 Å². The van der Waals surface area contributed by atoms with E-state index >= 15 is 0 Å². The van der Waals surface area contributed by atoms with Gasteiger partial charge in [0.25, 0.3) is 11.2 Å². The van der Waals surface area contributed by atoms with Gasteiger partial charge in [0.15, 0.2) is 0 Å². The maximum absolute atomic E-state index is 11.8. The molecule has 9 nitrogen and oxygen atoms in total. The monoisotopic (exact) mass is 346 g/mol. The minimum Gasteiger partial charge on any atom is -0.376 e. The summed E-state index contributed by atoms with van der Waals surface area (Å²) >= 11 is 0. The lowest BCUT2D eigenvalue weighted by molar-refractivity contribution is -0.383. The number of rotatable bonds is 5. The van der Waals surface area contributed by atoms with Crippen LogP contribution < -0.4 is 10.9 Å². The van der Waals surface area contributed by atoms with Crippen LogP contribution in [-0.2, 0) is 0 Å². The number of aromatic amines is 1. The van der Waals surface area contributed by atoms with Crippen LogP contribution in [0.1, 0.15) is 6.92 Å². The molecule has 0 spiro atoms. The van der Waals surface area contributed by atoms with E-state index < -0.39 is 4.92 Å². The summed E-state index contributed by atoms with van der Waals surface area (Å²) in [5, 5.41) is 14.8. The molecular formula is C16H22N6O3. The Bertz CT molecular complexity index is 828. The van der Waals surface area contributed by atoms with Gasteiger partial charge in [0, 0.05) is 44.8 Å². The third kappa shape index (κ3) is 3.94. The van der Waals surface area contributed by atoms with Gasteiger partial charge in [-0.2, -0.15) is 0 Å². The summed E-state index contributed by atoms with van der Waals surface area (Å²) < 4.78 is 0. The molecule has 1 aromatic heterocycles. The van der Waals surface area contributed by atoms with E-state index in [1.165, 1.54) is 12.4 Å². The van der Waals surface area contributed by atoms with Gasteiger partial charge in [0.2, 0.25) is 0 Å². The molecular weight excluding hydrogens is 324 g/mol. The van der Waals surface area contributed by atoms with Crippen molar-refractivity contribution in [1.82, 2.24) is 19.8 Å². The van der Waals surface area contributed by atoms with Crippen LogP contribution in [0.25, 0.3) is 10.9 Å².